The minimum absolute atomic E-state index is 0.248. The third-order valence-electron chi connectivity index (χ3n) is 2.97. The van der Waals surface area contributed by atoms with Gasteiger partial charge in [-0.15, -0.1) is 0 Å². The Bertz CT molecular complexity index is 659. The maximum atomic E-state index is 12.9. The fourth-order valence-corrected chi connectivity index (χ4v) is 1.95. The van der Waals surface area contributed by atoms with Gasteiger partial charge in [0, 0.05) is 23.9 Å². The van der Waals surface area contributed by atoms with Crippen LogP contribution in [0.15, 0.2) is 53.2 Å². The predicted molar refractivity (Wildman–Crippen MR) is 73.2 cm³/mol. The number of benzene rings is 1. The van der Waals surface area contributed by atoms with Gasteiger partial charge in [0.25, 0.3) is 0 Å². The van der Waals surface area contributed by atoms with Gasteiger partial charge in [-0.25, -0.2) is 4.39 Å². The van der Waals surface area contributed by atoms with Crippen LogP contribution in [0.3, 0.4) is 0 Å². The molecule has 102 valence electrons. The molecule has 2 N–H and O–H groups in total. The summed E-state index contributed by atoms with van der Waals surface area (Å²) in [5.41, 5.74) is 1.96. The molecule has 0 aliphatic carbocycles. The van der Waals surface area contributed by atoms with E-state index >= 15 is 0 Å². The van der Waals surface area contributed by atoms with Crippen molar-refractivity contribution in [3.63, 3.8) is 0 Å². The lowest BCUT2D eigenvalue weighted by Crippen LogP contribution is -2.11. The molecule has 0 bridgehead atoms. The van der Waals surface area contributed by atoms with Gasteiger partial charge < -0.3 is 9.73 Å². The maximum Gasteiger partial charge on any atom is 0.134 e. The van der Waals surface area contributed by atoms with Crippen LogP contribution in [0.2, 0.25) is 0 Å². The van der Waals surface area contributed by atoms with Crippen molar-refractivity contribution in [2.75, 3.05) is 0 Å². The summed E-state index contributed by atoms with van der Waals surface area (Å²) in [4.78, 5) is 0. The molecular weight excluding hydrogens is 257 g/mol. The summed E-state index contributed by atoms with van der Waals surface area (Å²) in [6, 6.07) is 10.1. The van der Waals surface area contributed by atoms with Gasteiger partial charge in [-0.05, 0) is 36.4 Å². The lowest BCUT2D eigenvalue weighted by molar-refractivity contribution is 0.493. The zero-order valence-electron chi connectivity index (χ0n) is 10.8. The van der Waals surface area contributed by atoms with Gasteiger partial charge in [0.1, 0.15) is 17.3 Å². The highest BCUT2D eigenvalue weighted by molar-refractivity contribution is 5.57. The SMILES string of the molecule is Fc1ccc(-c2ccc(CNCc3cn[nH]c3)o2)cc1. The van der Waals surface area contributed by atoms with E-state index in [1.807, 2.05) is 18.3 Å². The number of rotatable bonds is 5. The van der Waals surface area contributed by atoms with Crippen molar-refractivity contribution in [1.29, 1.82) is 0 Å². The van der Waals surface area contributed by atoms with Gasteiger partial charge in [0.2, 0.25) is 0 Å². The Morgan fingerprint density at radius 3 is 2.70 bits per heavy atom. The Labute approximate surface area is 115 Å². The Kier molecular flexibility index (Phi) is 3.60. The van der Waals surface area contributed by atoms with E-state index in [0.29, 0.717) is 6.54 Å². The number of halogens is 1. The molecule has 4 nitrogen and oxygen atoms in total. The maximum absolute atomic E-state index is 12.9. The van der Waals surface area contributed by atoms with E-state index in [2.05, 4.69) is 15.5 Å². The van der Waals surface area contributed by atoms with Crippen LogP contribution < -0.4 is 5.32 Å². The molecule has 0 atom stereocenters. The van der Waals surface area contributed by atoms with Crippen LogP contribution in [-0.4, -0.2) is 10.2 Å². The second kappa shape index (κ2) is 5.71. The molecule has 0 unspecified atom stereocenters. The predicted octanol–water partition coefficient (Wildman–Crippen LogP) is 3.10. The highest BCUT2D eigenvalue weighted by atomic mass is 19.1. The molecule has 5 heteroatoms. The van der Waals surface area contributed by atoms with Crippen LogP contribution in [0, 0.1) is 5.82 Å². The first kappa shape index (κ1) is 12.6. The lowest BCUT2D eigenvalue weighted by Gasteiger charge is -2.00. The average molecular weight is 271 g/mol. The van der Waals surface area contributed by atoms with Crippen molar-refractivity contribution >= 4 is 0 Å². The molecule has 0 aliphatic rings. The Morgan fingerprint density at radius 1 is 1.10 bits per heavy atom. The van der Waals surface area contributed by atoms with Crippen LogP contribution in [0.25, 0.3) is 11.3 Å². The molecule has 0 saturated heterocycles. The van der Waals surface area contributed by atoms with E-state index in [1.54, 1.807) is 18.3 Å². The largest absolute Gasteiger partial charge is 0.460 e. The van der Waals surface area contributed by atoms with Crippen LogP contribution in [0.1, 0.15) is 11.3 Å². The Morgan fingerprint density at radius 2 is 1.95 bits per heavy atom. The first-order valence-corrected chi connectivity index (χ1v) is 6.34. The first-order valence-electron chi connectivity index (χ1n) is 6.34. The van der Waals surface area contributed by atoms with Crippen LogP contribution >= 0.6 is 0 Å². The van der Waals surface area contributed by atoms with Crippen molar-refractivity contribution in [3.8, 4) is 11.3 Å². The van der Waals surface area contributed by atoms with Crippen LogP contribution in [0.5, 0.6) is 0 Å². The van der Waals surface area contributed by atoms with E-state index < -0.39 is 0 Å². The molecule has 0 radical (unpaired) electrons. The molecular formula is C15H14FN3O. The topological polar surface area (TPSA) is 53.9 Å². The third kappa shape index (κ3) is 2.95. The molecule has 0 fully saturated rings. The number of furan rings is 1. The zero-order chi connectivity index (χ0) is 13.8. The number of hydrogen-bond acceptors (Lipinski definition) is 3. The summed E-state index contributed by atoms with van der Waals surface area (Å²) in [6.45, 7) is 1.36. The first-order chi connectivity index (χ1) is 9.81. The molecule has 2 aromatic heterocycles. The Balaban J connectivity index is 1.60. The quantitative estimate of drug-likeness (QED) is 0.749. The van der Waals surface area contributed by atoms with Crippen molar-refractivity contribution in [1.82, 2.24) is 15.5 Å². The van der Waals surface area contributed by atoms with E-state index in [9.17, 15) is 4.39 Å². The minimum Gasteiger partial charge on any atom is -0.460 e. The number of nitrogens with one attached hydrogen (secondary N) is 2. The van der Waals surface area contributed by atoms with Crippen LogP contribution in [0.4, 0.5) is 4.39 Å². The van der Waals surface area contributed by atoms with Gasteiger partial charge in [-0.2, -0.15) is 5.10 Å². The fourth-order valence-electron chi connectivity index (χ4n) is 1.95. The summed E-state index contributed by atoms with van der Waals surface area (Å²) >= 11 is 0. The molecule has 1 aromatic carbocycles. The third-order valence-corrected chi connectivity index (χ3v) is 2.97. The standard InChI is InChI=1S/C15H14FN3O/c16-13-3-1-12(2-4-13)15-6-5-14(20-15)10-17-7-11-8-18-19-9-11/h1-6,8-9,17H,7,10H2,(H,18,19). The van der Waals surface area contributed by atoms with Crippen molar-refractivity contribution in [2.24, 2.45) is 0 Å². The van der Waals surface area contributed by atoms with E-state index in [1.165, 1.54) is 12.1 Å². The number of hydrogen-bond donors (Lipinski definition) is 2. The summed E-state index contributed by atoms with van der Waals surface area (Å²) in [6.07, 6.45) is 3.62. The summed E-state index contributed by atoms with van der Waals surface area (Å²) in [5.74, 6) is 1.33. The van der Waals surface area contributed by atoms with Gasteiger partial charge in [-0.3, -0.25) is 5.10 Å². The number of H-pyrrole nitrogens is 1. The smallest absolute Gasteiger partial charge is 0.134 e. The molecule has 20 heavy (non-hydrogen) atoms. The van der Waals surface area contributed by atoms with Crippen LogP contribution in [-0.2, 0) is 13.1 Å². The summed E-state index contributed by atoms with van der Waals surface area (Å²) in [7, 11) is 0. The monoisotopic (exact) mass is 271 g/mol. The molecule has 3 aromatic rings. The van der Waals surface area contributed by atoms with Crippen molar-refractivity contribution in [3.05, 3.63) is 65.9 Å². The molecule has 0 saturated carbocycles. The van der Waals surface area contributed by atoms with E-state index in [-0.39, 0.29) is 5.82 Å². The zero-order valence-corrected chi connectivity index (χ0v) is 10.8. The number of nitrogens with zero attached hydrogens (tertiary/aromatic N) is 1. The highest BCUT2D eigenvalue weighted by Crippen LogP contribution is 2.22. The molecule has 3 rings (SSSR count). The molecule has 0 spiro atoms. The lowest BCUT2D eigenvalue weighted by atomic mass is 10.2. The highest BCUT2D eigenvalue weighted by Gasteiger charge is 2.05. The van der Waals surface area contributed by atoms with Gasteiger partial charge in [-0.1, -0.05) is 0 Å². The molecule has 2 heterocycles. The molecule has 0 aliphatic heterocycles. The fraction of sp³-hybridized carbons (Fsp3) is 0.133. The van der Waals surface area contributed by atoms with E-state index in [4.69, 9.17) is 4.42 Å². The normalized spacial score (nSPS) is 10.8. The average Bonchev–Trinajstić information content (AvgIpc) is 3.11. The number of aromatic amines is 1. The van der Waals surface area contributed by atoms with Crippen molar-refractivity contribution < 1.29 is 8.81 Å². The van der Waals surface area contributed by atoms with Gasteiger partial charge in [0.05, 0.1) is 12.7 Å². The number of aromatic nitrogens is 2. The second-order valence-electron chi connectivity index (χ2n) is 4.48. The van der Waals surface area contributed by atoms with Gasteiger partial charge >= 0.3 is 0 Å². The summed E-state index contributed by atoms with van der Waals surface area (Å²) < 4.78 is 18.6. The Hall–Kier alpha value is -2.40. The van der Waals surface area contributed by atoms with Gasteiger partial charge in [0.15, 0.2) is 0 Å². The minimum atomic E-state index is -0.248. The van der Waals surface area contributed by atoms with Crippen molar-refractivity contribution in [2.45, 2.75) is 13.1 Å². The second-order valence-corrected chi connectivity index (χ2v) is 4.48. The van der Waals surface area contributed by atoms with E-state index in [0.717, 1.165) is 29.2 Å². The molecule has 0 amide bonds. The summed E-state index contributed by atoms with van der Waals surface area (Å²) in [5, 5.41) is 9.91.